The van der Waals surface area contributed by atoms with Gasteiger partial charge in [0.05, 0.1) is 6.54 Å². The van der Waals surface area contributed by atoms with Gasteiger partial charge in [-0.3, -0.25) is 5.01 Å². The van der Waals surface area contributed by atoms with Crippen LogP contribution in [0.15, 0.2) is 24.4 Å². The van der Waals surface area contributed by atoms with Gasteiger partial charge in [0.2, 0.25) is 0 Å². The Bertz CT molecular complexity index is 185. The third-order valence-electron chi connectivity index (χ3n) is 1.07. The third kappa shape index (κ3) is 1.81. The van der Waals surface area contributed by atoms with Crippen molar-refractivity contribution < 1.29 is 4.79 Å². The maximum absolute atomic E-state index is 10.3. The highest BCUT2D eigenvalue weighted by atomic mass is 16.2. The molecule has 0 aromatic heterocycles. The van der Waals surface area contributed by atoms with Crippen molar-refractivity contribution in [2.45, 2.75) is 0 Å². The van der Waals surface area contributed by atoms with Crippen LogP contribution in [0.5, 0.6) is 0 Å². The van der Waals surface area contributed by atoms with E-state index in [1.807, 2.05) is 18.2 Å². The normalized spacial score (nSPS) is 15.4. The van der Waals surface area contributed by atoms with Crippen LogP contribution in [0.4, 0.5) is 4.79 Å². The Morgan fingerprint density at radius 3 is 2.90 bits per heavy atom. The lowest BCUT2D eigenvalue weighted by atomic mass is 10.4. The molecule has 4 nitrogen and oxygen atoms in total. The quantitative estimate of drug-likeness (QED) is 0.535. The Balaban J connectivity index is 2.37. The molecule has 1 aliphatic heterocycles. The minimum Gasteiger partial charge on any atom is -0.350 e. The number of primary amides is 1. The SMILES string of the molecule is NC(=O)NN1C=CC=CC1. The molecule has 1 rings (SSSR count). The molecule has 1 heterocycles. The number of carbonyl (C=O) groups is 1. The van der Waals surface area contributed by atoms with Crippen LogP contribution in [0.3, 0.4) is 0 Å². The first-order chi connectivity index (χ1) is 4.79. The summed E-state index contributed by atoms with van der Waals surface area (Å²) in [7, 11) is 0. The molecular formula is C6H9N3O. The summed E-state index contributed by atoms with van der Waals surface area (Å²) in [6, 6.07) is -0.542. The van der Waals surface area contributed by atoms with E-state index < -0.39 is 6.03 Å². The molecule has 3 N–H and O–H groups in total. The fourth-order valence-corrected chi connectivity index (χ4v) is 0.692. The van der Waals surface area contributed by atoms with Crippen molar-refractivity contribution in [1.82, 2.24) is 10.4 Å². The lowest BCUT2D eigenvalue weighted by molar-refractivity contribution is 0.222. The number of nitrogens with zero attached hydrogens (tertiary/aromatic N) is 1. The molecule has 0 aromatic rings. The molecule has 1 aliphatic rings. The van der Waals surface area contributed by atoms with Crippen LogP contribution in [0, 0.1) is 0 Å². The highest BCUT2D eigenvalue weighted by molar-refractivity contribution is 5.71. The lowest BCUT2D eigenvalue weighted by Gasteiger charge is -2.19. The van der Waals surface area contributed by atoms with Crippen molar-refractivity contribution in [2.75, 3.05) is 6.54 Å². The molecule has 0 fully saturated rings. The summed E-state index contributed by atoms with van der Waals surface area (Å²) in [5.74, 6) is 0. The zero-order chi connectivity index (χ0) is 7.40. The number of hydrazine groups is 1. The summed E-state index contributed by atoms with van der Waals surface area (Å²) in [6.45, 7) is 0.666. The monoisotopic (exact) mass is 139 g/mol. The second-order valence-electron chi connectivity index (χ2n) is 1.90. The molecule has 0 spiro atoms. The van der Waals surface area contributed by atoms with Crippen molar-refractivity contribution in [2.24, 2.45) is 5.73 Å². The van der Waals surface area contributed by atoms with Crippen molar-refractivity contribution in [3.05, 3.63) is 24.4 Å². The van der Waals surface area contributed by atoms with E-state index in [1.54, 1.807) is 11.2 Å². The summed E-state index contributed by atoms with van der Waals surface area (Å²) < 4.78 is 0. The van der Waals surface area contributed by atoms with Gasteiger partial charge in [-0.25, -0.2) is 10.2 Å². The second-order valence-corrected chi connectivity index (χ2v) is 1.90. The standard InChI is InChI=1S/C6H9N3O/c7-6(10)8-9-4-2-1-3-5-9/h1-4H,5H2,(H3,7,8,10). The summed E-state index contributed by atoms with van der Waals surface area (Å²) >= 11 is 0. The van der Waals surface area contributed by atoms with Gasteiger partial charge in [-0.15, -0.1) is 0 Å². The first-order valence-electron chi connectivity index (χ1n) is 2.95. The van der Waals surface area contributed by atoms with Gasteiger partial charge in [0, 0.05) is 6.20 Å². The number of amides is 2. The third-order valence-corrected chi connectivity index (χ3v) is 1.07. The molecular weight excluding hydrogens is 130 g/mol. The van der Waals surface area contributed by atoms with E-state index in [4.69, 9.17) is 5.73 Å². The smallest absolute Gasteiger partial charge is 0.330 e. The molecule has 0 aromatic carbocycles. The molecule has 0 radical (unpaired) electrons. The van der Waals surface area contributed by atoms with Crippen LogP contribution in [-0.2, 0) is 0 Å². The molecule has 0 saturated carbocycles. The molecule has 0 bridgehead atoms. The summed E-state index contributed by atoms with van der Waals surface area (Å²) in [5, 5.41) is 1.60. The summed E-state index contributed by atoms with van der Waals surface area (Å²) in [6.07, 6.45) is 7.37. The molecule has 0 aliphatic carbocycles. The number of hydrogen-bond donors (Lipinski definition) is 2. The fourth-order valence-electron chi connectivity index (χ4n) is 0.692. The highest BCUT2D eigenvalue weighted by Crippen LogP contribution is 1.92. The van der Waals surface area contributed by atoms with Gasteiger partial charge in [-0.1, -0.05) is 12.2 Å². The maximum Gasteiger partial charge on any atom is 0.330 e. The molecule has 0 unspecified atom stereocenters. The highest BCUT2D eigenvalue weighted by Gasteiger charge is 1.99. The van der Waals surface area contributed by atoms with E-state index in [2.05, 4.69) is 5.43 Å². The summed E-state index contributed by atoms with van der Waals surface area (Å²) in [5.41, 5.74) is 7.29. The zero-order valence-electron chi connectivity index (χ0n) is 5.45. The van der Waals surface area contributed by atoms with E-state index in [1.165, 1.54) is 0 Å². The first kappa shape index (κ1) is 6.67. The molecule has 10 heavy (non-hydrogen) atoms. The minimum absolute atomic E-state index is 0.542. The number of urea groups is 1. The van der Waals surface area contributed by atoms with Gasteiger partial charge in [0.15, 0.2) is 0 Å². The van der Waals surface area contributed by atoms with Crippen LogP contribution in [0.2, 0.25) is 0 Å². The maximum atomic E-state index is 10.3. The van der Waals surface area contributed by atoms with E-state index in [0.717, 1.165) is 0 Å². The molecule has 2 amide bonds. The van der Waals surface area contributed by atoms with E-state index in [9.17, 15) is 4.79 Å². The summed E-state index contributed by atoms with van der Waals surface area (Å²) in [4.78, 5) is 10.3. The van der Waals surface area contributed by atoms with Crippen molar-refractivity contribution >= 4 is 6.03 Å². The van der Waals surface area contributed by atoms with Gasteiger partial charge in [0.25, 0.3) is 0 Å². The second kappa shape index (κ2) is 2.91. The molecule has 0 atom stereocenters. The van der Waals surface area contributed by atoms with Crippen LogP contribution in [-0.4, -0.2) is 17.6 Å². The van der Waals surface area contributed by atoms with E-state index in [0.29, 0.717) is 6.54 Å². The van der Waals surface area contributed by atoms with Gasteiger partial charge >= 0.3 is 6.03 Å². The van der Waals surface area contributed by atoms with Gasteiger partial charge < -0.3 is 5.73 Å². The van der Waals surface area contributed by atoms with Crippen molar-refractivity contribution in [1.29, 1.82) is 0 Å². The lowest BCUT2D eigenvalue weighted by Crippen LogP contribution is -2.42. The number of allylic oxidation sites excluding steroid dienone is 2. The molecule has 4 heteroatoms. The van der Waals surface area contributed by atoms with Gasteiger partial charge in [-0.05, 0) is 6.08 Å². The van der Waals surface area contributed by atoms with Crippen molar-refractivity contribution in [3.8, 4) is 0 Å². The molecule has 54 valence electrons. The number of rotatable bonds is 1. The number of nitrogens with two attached hydrogens (primary N) is 1. The van der Waals surface area contributed by atoms with Gasteiger partial charge in [0.1, 0.15) is 0 Å². The Morgan fingerprint density at radius 2 is 2.40 bits per heavy atom. The Morgan fingerprint density at radius 1 is 1.60 bits per heavy atom. The number of hydrogen-bond acceptors (Lipinski definition) is 2. The van der Waals surface area contributed by atoms with E-state index in [-0.39, 0.29) is 0 Å². The average molecular weight is 139 g/mol. The largest absolute Gasteiger partial charge is 0.350 e. The van der Waals surface area contributed by atoms with Crippen LogP contribution < -0.4 is 11.2 Å². The number of nitrogens with one attached hydrogen (secondary N) is 1. The number of carbonyl (C=O) groups excluding carboxylic acids is 1. The van der Waals surface area contributed by atoms with E-state index >= 15 is 0 Å². The van der Waals surface area contributed by atoms with Crippen LogP contribution in [0.25, 0.3) is 0 Å². The zero-order valence-corrected chi connectivity index (χ0v) is 5.45. The average Bonchev–Trinajstić information content (AvgIpc) is 1.88. The van der Waals surface area contributed by atoms with Gasteiger partial charge in [-0.2, -0.15) is 0 Å². The predicted octanol–water partition coefficient (Wildman–Crippen LogP) is -0.0448. The van der Waals surface area contributed by atoms with Crippen LogP contribution >= 0.6 is 0 Å². The fraction of sp³-hybridized carbons (Fsp3) is 0.167. The first-order valence-corrected chi connectivity index (χ1v) is 2.95. The van der Waals surface area contributed by atoms with Crippen LogP contribution in [0.1, 0.15) is 0 Å². The predicted molar refractivity (Wildman–Crippen MR) is 37.7 cm³/mol. The Kier molecular flexibility index (Phi) is 1.94. The molecule has 0 saturated heterocycles. The minimum atomic E-state index is -0.542. The van der Waals surface area contributed by atoms with Crippen molar-refractivity contribution in [3.63, 3.8) is 0 Å². The Labute approximate surface area is 59.0 Å². The Hall–Kier alpha value is -1.45. The topological polar surface area (TPSA) is 58.4 Å².